The normalized spacial score (nSPS) is 11.2. The van der Waals surface area contributed by atoms with Gasteiger partial charge in [-0.3, -0.25) is 14.2 Å². The fourth-order valence-corrected chi connectivity index (χ4v) is 2.93. The van der Waals surface area contributed by atoms with Crippen molar-refractivity contribution < 1.29 is 9.53 Å². The molecule has 0 bridgehead atoms. The number of carbonyl (C=O) groups is 1. The molecule has 0 atom stereocenters. The molecule has 3 aromatic rings. The maximum Gasteiger partial charge on any atom is 0.207 e. The smallest absolute Gasteiger partial charge is 0.207 e. The summed E-state index contributed by atoms with van der Waals surface area (Å²) in [4.78, 5) is 12.3. The first-order valence-corrected chi connectivity index (χ1v) is 8.48. The zero-order valence-electron chi connectivity index (χ0n) is 14.2. The average Bonchev–Trinajstić information content (AvgIpc) is 3.17. The van der Waals surface area contributed by atoms with Crippen molar-refractivity contribution in [2.45, 2.75) is 6.54 Å². The highest BCUT2D eigenvalue weighted by molar-refractivity contribution is 6.34. The maximum atomic E-state index is 12.3. The molecule has 2 heterocycles. The zero-order chi connectivity index (χ0) is 18.7. The van der Waals surface area contributed by atoms with E-state index in [-0.39, 0.29) is 11.5 Å². The number of ketones is 1. The third-order valence-electron chi connectivity index (χ3n) is 3.68. The number of nitrogens with zero attached hydrogens (tertiary/aromatic N) is 4. The van der Waals surface area contributed by atoms with Gasteiger partial charge >= 0.3 is 0 Å². The van der Waals surface area contributed by atoms with E-state index in [1.165, 1.54) is 10.8 Å². The first kappa shape index (κ1) is 18.2. The first-order valence-electron chi connectivity index (χ1n) is 7.72. The molecule has 0 amide bonds. The fraction of sp³-hybridized carbons (Fsp3) is 0.167. The molecule has 0 spiro atoms. The predicted molar refractivity (Wildman–Crippen MR) is 101 cm³/mol. The Morgan fingerprint density at radius 1 is 1.31 bits per heavy atom. The number of methoxy groups -OCH3 is 1. The topological polar surface area (TPSA) is 61.9 Å². The minimum Gasteiger partial charge on any atom is -0.496 e. The van der Waals surface area contributed by atoms with Crippen molar-refractivity contribution in [2.24, 2.45) is 7.05 Å². The van der Waals surface area contributed by atoms with Gasteiger partial charge in [0.05, 0.1) is 29.9 Å². The second-order valence-corrected chi connectivity index (χ2v) is 6.47. The van der Waals surface area contributed by atoms with Gasteiger partial charge in [0.2, 0.25) is 5.78 Å². The van der Waals surface area contributed by atoms with E-state index in [4.69, 9.17) is 27.9 Å². The molecule has 0 N–H and O–H groups in total. The highest BCUT2D eigenvalue weighted by Gasteiger charge is 2.12. The van der Waals surface area contributed by atoms with Gasteiger partial charge in [-0.1, -0.05) is 35.3 Å². The number of hydrogen-bond donors (Lipinski definition) is 0. The lowest BCUT2D eigenvalue weighted by atomic mass is 10.1. The van der Waals surface area contributed by atoms with Crippen LogP contribution in [0.3, 0.4) is 0 Å². The second-order valence-electron chi connectivity index (χ2n) is 5.62. The Morgan fingerprint density at radius 3 is 2.73 bits per heavy atom. The molecule has 0 unspecified atom stereocenters. The van der Waals surface area contributed by atoms with E-state index in [9.17, 15) is 4.79 Å². The lowest BCUT2D eigenvalue weighted by molar-refractivity contribution is 0.104. The molecular weight excluding hydrogens is 375 g/mol. The van der Waals surface area contributed by atoms with Gasteiger partial charge in [-0.25, -0.2) is 0 Å². The molecule has 0 aliphatic carbocycles. The van der Waals surface area contributed by atoms with Gasteiger partial charge in [-0.15, -0.1) is 0 Å². The summed E-state index contributed by atoms with van der Waals surface area (Å²) in [6.45, 7) is 0.498. The molecule has 1 aromatic carbocycles. The van der Waals surface area contributed by atoms with Crippen LogP contribution in [0.4, 0.5) is 0 Å². The second kappa shape index (κ2) is 7.76. The van der Waals surface area contributed by atoms with E-state index in [1.807, 2.05) is 18.2 Å². The van der Waals surface area contributed by atoms with Crippen LogP contribution in [0.15, 0.2) is 42.9 Å². The summed E-state index contributed by atoms with van der Waals surface area (Å²) < 4.78 is 8.62. The Morgan fingerprint density at radius 2 is 2.12 bits per heavy atom. The number of rotatable bonds is 6. The largest absolute Gasteiger partial charge is 0.496 e. The van der Waals surface area contributed by atoms with E-state index in [1.54, 1.807) is 43.5 Å². The molecule has 6 nitrogen and oxygen atoms in total. The van der Waals surface area contributed by atoms with Gasteiger partial charge in [0.15, 0.2) is 5.69 Å². The third-order valence-corrected chi connectivity index (χ3v) is 4.15. The summed E-state index contributed by atoms with van der Waals surface area (Å²) in [5, 5.41) is 9.13. The molecule has 3 rings (SSSR count). The molecule has 0 saturated heterocycles. The highest BCUT2D eigenvalue weighted by atomic mass is 35.5. The summed E-state index contributed by atoms with van der Waals surface area (Å²) in [5.41, 5.74) is 1.99. The van der Waals surface area contributed by atoms with Crippen LogP contribution in [0.1, 0.15) is 21.6 Å². The summed E-state index contributed by atoms with van der Waals surface area (Å²) in [6.07, 6.45) is 8.06. The summed E-state index contributed by atoms with van der Waals surface area (Å²) in [7, 11) is 3.32. The van der Waals surface area contributed by atoms with E-state index < -0.39 is 0 Å². The molecule has 2 aromatic heterocycles. The van der Waals surface area contributed by atoms with Crippen LogP contribution in [-0.4, -0.2) is 32.5 Å². The Hall–Kier alpha value is -2.57. The molecule has 0 fully saturated rings. The van der Waals surface area contributed by atoms with Crippen LogP contribution in [0, 0.1) is 0 Å². The number of halogens is 2. The molecule has 0 radical (unpaired) electrons. The van der Waals surface area contributed by atoms with Gasteiger partial charge < -0.3 is 4.74 Å². The monoisotopic (exact) mass is 390 g/mol. The molecule has 8 heteroatoms. The van der Waals surface area contributed by atoms with Crippen LogP contribution in [0.5, 0.6) is 5.75 Å². The predicted octanol–water partition coefficient (Wildman–Crippen LogP) is 3.88. The summed E-state index contributed by atoms with van der Waals surface area (Å²) in [6, 6.07) is 5.64. The zero-order valence-corrected chi connectivity index (χ0v) is 15.7. The molecular formula is C18H16Cl2N4O2. The molecule has 0 saturated carbocycles. The lowest BCUT2D eigenvalue weighted by Gasteiger charge is -2.09. The lowest BCUT2D eigenvalue weighted by Crippen LogP contribution is -2.02. The van der Waals surface area contributed by atoms with E-state index >= 15 is 0 Å². The molecule has 26 heavy (non-hydrogen) atoms. The van der Waals surface area contributed by atoms with Crippen molar-refractivity contribution in [3.05, 3.63) is 69.7 Å². The van der Waals surface area contributed by atoms with Crippen molar-refractivity contribution in [2.75, 3.05) is 7.11 Å². The van der Waals surface area contributed by atoms with Crippen LogP contribution >= 0.6 is 23.2 Å². The van der Waals surface area contributed by atoms with Crippen molar-refractivity contribution >= 4 is 35.1 Å². The molecule has 0 aliphatic heterocycles. The van der Waals surface area contributed by atoms with Crippen LogP contribution in [0.25, 0.3) is 6.08 Å². The maximum absolute atomic E-state index is 12.3. The Bertz CT molecular complexity index is 975. The minimum absolute atomic E-state index is 0.227. The third kappa shape index (κ3) is 4.15. The SMILES string of the molecule is COc1ccc(/C=C/C(=O)c2nn(C)cc2Cl)cc1Cn1cc(Cl)cn1. The quantitative estimate of drug-likeness (QED) is 0.473. The Kier molecular flexibility index (Phi) is 5.44. The van der Waals surface area contributed by atoms with Crippen LogP contribution in [0.2, 0.25) is 10.0 Å². The summed E-state index contributed by atoms with van der Waals surface area (Å²) in [5.74, 6) is 0.472. The first-order chi connectivity index (χ1) is 12.5. The highest BCUT2D eigenvalue weighted by Crippen LogP contribution is 2.22. The Labute approximate surface area is 160 Å². The van der Waals surface area contributed by atoms with Crippen molar-refractivity contribution in [1.29, 1.82) is 0 Å². The van der Waals surface area contributed by atoms with Crippen LogP contribution in [-0.2, 0) is 13.6 Å². The molecule has 0 aliphatic rings. The van der Waals surface area contributed by atoms with Gasteiger partial charge in [0.1, 0.15) is 5.75 Å². The van der Waals surface area contributed by atoms with Crippen LogP contribution < -0.4 is 4.74 Å². The van der Waals surface area contributed by atoms with Gasteiger partial charge in [-0.05, 0) is 23.8 Å². The van der Waals surface area contributed by atoms with Crippen molar-refractivity contribution in [1.82, 2.24) is 19.6 Å². The fourth-order valence-electron chi connectivity index (χ4n) is 2.50. The van der Waals surface area contributed by atoms with Gasteiger partial charge in [0, 0.05) is 25.0 Å². The van der Waals surface area contributed by atoms with Crippen molar-refractivity contribution in [3.63, 3.8) is 0 Å². The number of allylic oxidation sites excluding steroid dienone is 1. The molecule has 134 valence electrons. The number of aryl methyl sites for hydroxylation is 1. The van der Waals surface area contributed by atoms with Gasteiger partial charge in [0.25, 0.3) is 0 Å². The number of ether oxygens (including phenoxy) is 1. The minimum atomic E-state index is -0.258. The average molecular weight is 391 g/mol. The van der Waals surface area contributed by atoms with E-state index in [0.29, 0.717) is 16.6 Å². The van der Waals surface area contributed by atoms with E-state index in [0.717, 1.165) is 16.9 Å². The summed E-state index contributed by atoms with van der Waals surface area (Å²) >= 11 is 11.9. The Balaban J connectivity index is 1.82. The number of aromatic nitrogens is 4. The number of benzene rings is 1. The van der Waals surface area contributed by atoms with Gasteiger partial charge in [-0.2, -0.15) is 10.2 Å². The van der Waals surface area contributed by atoms with Crippen molar-refractivity contribution in [3.8, 4) is 5.75 Å². The number of carbonyl (C=O) groups excluding carboxylic acids is 1. The number of hydrogen-bond acceptors (Lipinski definition) is 4. The standard InChI is InChI=1S/C18H16Cl2N4O2/c1-23-11-15(20)18(22-23)16(25)5-3-12-4-6-17(26-2)13(7-12)9-24-10-14(19)8-21-24/h3-8,10-11H,9H2,1-2H3/b5-3+. The van der Waals surface area contributed by atoms with E-state index in [2.05, 4.69) is 10.2 Å².